The van der Waals surface area contributed by atoms with Gasteiger partial charge in [0.15, 0.2) is 0 Å². The van der Waals surface area contributed by atoms with Gasteiger partial charge in [-0.05, 0) is 30.2 Å². The van der Waals surface area contributed by atoms with E-state index < -0.39 is 0 Å². The number of amides is 2. The third-order valence-corrected chi connectivity index (χ3v) is 5.53. The lowest BCUT2D eigenvalue weighted by Crippen LogP contribution is -2.51. The molecule has 1 aromatic rings. The summed E-state index contributed by atoms with van der Waals surface area (Å²) in [7, 11) is 0. The smallest absolute Gasteiger partial charge is 0.254 e. The highest BCUT2D eigenvalue weighted by Gasteiger charge is 2.30. The van der Waals surface area contributed by atoms with Crippen molar-refractivity contribution in [2.45, 2.75) is 31.7 Å². The third-order valence-electron chi connectivity index (χ3n) is 4.84. The van der Waals surface area contributed by atoms with Crippen LogP contribution in [-0.2, 0) is 4.79 Å². The van der Waals surface area contributed by atoms with Crippen molar-refractivity contribution < 1.29 is 9.59 Å². The number of carbonyl (C=O) groups excluding carboxylic acids is 2. The molecule has 22 heavy (non-hydrogen) atoms. The topological polar surface area (TPSA) is 66.6 Å². The second kappa shape index (κ2) is 6.79. The summed E-state index contributed by atoms with van der Waals surface area (Å²) in [6.07, 6.45) is 3.83. The Hall–Kier alpha value is -1.40. The Morgan fingerprint density at radius 3 is 2.50 bits per heavy atom. The Labute approximate surface area is 135 Å². The molecule has 2 amide bonds. The molecule has 2 fully saturated rings. The molecule has 0 aromatic carbocycles. The molecule has 2 heterocycles. The molecule has 2 aliphatic rings. The molecule has 1 aromatic heterocycles. The molecule has 2 N–H and O–H groups in total. The highest BCUT2D eigenvalue weighted by molar-refractivity contribution is 7.08. The van der Waals surface area contributed by atoms with E-state index in [0.29, 0.717) is 38.5 Å². The van der Waals surface area contributed by atoms with E-state index in [1.54, 1.807) is 0 Å². The number of thiophene rings is 1. The number of hydrogen-bond donors (Lipinski definition) is 1. The van der Waals surface area contributed by atoms with Gasteiger partial charge >= 0.3 is 0 Å². The van der Waals surface area contributed by atoms with Crippen LogP contribution in [0, 0.1) is 5.92 Å². The first-order chi connectivity index (χ1) is 10.6. The number of rotatable bonds is 3. The fourth-order valence-corrected chi connectivity index (χ4v) is 4.03. The maximum atomic E-state index is 12.4. The Balaban J connectivity index is 1.49. The van der Waals surface area contributed by atoms with Gasteiger partial charge in [0.2, 0.25) is 5.91 Å². The van der Waals surface area contributed by atoms with E-state index in [1.807, 2.05) is 26.6 Å². The Bertz CT molecular complexity index is 524. The lowest BCUT2D eigenvalue weighted by Gasteiger charge is -2.35. The summed E-state index contributed by atoms with van der Waals surface area (Å²) in [5, 5.41) is 3.79. The molecule has 3 rings (SSSR count). The van der Waals surface area contributed by atoms with Gasteiger partial charge in [0.05, 0.1) is 5.56 Å². The van der Waals surface area contributed by atoms with Crippen molar-refractivity contribution in [2.24, 2.45) is 11.7 Å². The molecule has 1 saturated heterocycles. The molecule has 0 unspecified atom stereocenters. The number of carbonyl (C=O) groups is 2. The second-order valence-electron chi connectivity index (χ2n) is 6.24. The van der Waals surface area contributed by atoms with Crippen LogP contribution in [0.5, 0.6) is 0 Å². The SMILES string of the molecule is N[C@@H]1CCC[C@H]1CC(=O)N1CCN(C(=O)c2ccsc2)CC1. The summed E-state index contributed by atoms with van der Waals surface area (Å²) in [6, 6.07) is 2.04. The molecule has 120 valence electrons. The first kappa shape index (κ1) is 15.5. The summed E-state index contributed by atoms with van der Waals surface area (Å²) in [6.45, 7) is 2.52. The van der Waals surface area contributed by atoms with E-state index in [4.69, 9.17) is 5.73 Å². The maximum absolute atomic E-state index is 12.4. The summed E-state index contributed by atoms with van der Waals surface area (Å²) in [4.78, 5) is 28.4. The van der Waals surface area contributed by atoms with E-state index in [-0.39, 0.29) is 17.9 Å². The van der Waals surface area contributed by atoms with Gasteiger partial charge in [0.1, 0.15) is 0 Å². The predicted molar refractivity (Wildman–Crippen MR) is 86.7 cm³/mol. The zero-order valence-corrected chi connectivity index (χ0v) is 13.6. The van der Waals surface area contributed by atoms with Gasteiger partial charge in [-0.15, -0.1) is 0 Å². The Morgan fingerprint density at radius 1 is 1.18 bits per heavy atom. The lowest BCUT2D eigenvalue weighted by molar-refractivity contribution is -0.133. The van der Waals surface area contributed by atoms with Crippen LogP contribution in [0.4, 0.5) is 0 Å². The van der Waals surface area contributed by atoms with Crippen LogP contribution in [0.1, 0.15) is 36.0 Å². The van der Waals surface area contributed by atoms with Crippen LogP contribution in [0.15, 0.2) is 16.8 Å². The highest BCUT2D eigenvalue weighted by Crippen LogP contribution is 2.27. The largest absolute Gasteiger partial charge is 0.339 e. The monoisotopic (exact) mass is 321 g/mol. The van der Waals surface area contributed by atoms with E-state index in [9.17, 15) is 9.59 Å². The van der Waals surface area contributed by atoms with Gasteiger partial charge in [0.25, 0.3) is 5.91 Å². The summed E-state index contributed by atoms with van der Waals surface area (Å²) >= 11 is 1.53. The molecule has 0 radical (unpaired) electrons. The van der Waals surface area contributed by atoms with Crippen molar-refractivity contribution in [1.82, 2.24) is 9.80 Å². The average molecular weight is 321 g/mol. The van der Waals surface area contributed by atoms with Gasteiger partial charge in [-0.1, -0.05) is 6.42 Å². The van der Waals surface area contributed by atoms with Gasteiger partial charge in [0, 0.05) is 44.0 Å². The molecule has 0 spiro atoms. The minimum atomic E-state index is 0.0752. The zero-order chi connectivity index (χ0) is 15.5. The van der Waals surface area contributed by atoms with Gasteiger partial charge in [-0.25, -0.2) is 0 Å². The quantitative estimate of drug-likeness (QED) is 0.918. The van der Waals surface area contributed by atoms with Crippen LogP contribution >= 0.6 is 11.3 Å². The zero-order valence-electron chi connectivity index (χ0n) is 12.7. The van der Waals surface area contributed by atoms with E-state index in [0.717, 1.165) is 24.8 Å². The molecule has 6 heteroatoms. The van der Waals surface area contributed by atoms with Crippen molar-refractivity contribution in [1.29, 1.82) is 0 Å². The molecule has 0 bridgehead atoms. The van der Waals surface area contributed by atoms with Gasteiger partial charge < -0.3 is 15.5 Å². The fraction of sp³-hybridized carbons (Fsp3) is 0.625. The van der Waals surface area contributed by atoms with E-state index in [1.165, 1.54) is 11.3 Å². The molecule has 1 aliphatic heterocycles. The number of nitrogens with two attached hydrogens (primary N) is 1. The lowest BCUT2D eigenvalue weighted by atomic mass is 9.99. The minimum Gasteiger partial charge on any atom is -0.339 e. The number of nitrogens with zero attached hydrogens (tertiary/aromatic N) is 2. The maximum Gasteiger partial charge on any atom is 0.254 e. The number of piperazine rings is 1. The van der Waals surface area contributed by atoms with Crippen molar-refractivity contribution >= 4 is 23.2 Å². The van der Waals surface area contributed by atoms with Crippen LogP contribution in [0.25, 0.3) is 0 Å². The van der Waals surface area contributed by atoms with E-state index >= 15 is 0 Å². The summed E-state index contributed by atoms with van der Waals surface area (Å²) < 4.78 is 0. The Morgan fingerprint density at radius 2 is 1.91 bits per heavy atom. The van der Waals surface area contributed by atoms with Crippen molar-refractivity contribution in [3.8, 4) is 0 Å². The average Bonchev–Trinajstić information content (AvgIpc) is 3.19. The highest BCUT2D eigenvalue weighted by atomic mass is 32.1. The minimum absolute atomic E-state index is 0.0752. The third kappa shape index (κ3) is 3.33. The molecule has 5 nitrogen and oxygen atoms in total. The summed E-state index contributed by atoms with van der Waals surface area (Å²) in [5.74, 6) is 0.620. The van der Waals surface area contributed by atoms with Crippen LogP contribution in [0.2, 0.25) is 0 Å². The first-order valence-electron chi connectivity index (χ1n) is 8.00. The van der Waals surface area contributed by atoms with Crippen molar-refractivity contribution in [3.63, 3.8) is 0 Å². The first-order valence-corrected chi connectivity index (χ1v) is 8.94. The molecule has 1 saturated carbocycles. The van der Waals surface area contributed by atoms with E-state index in [2.05, 4.69) is 0 Å². The van der Waals surface area contributed by atoms with Crippen molar-refractivity contribution in [2.75, 3.05) is 26.2 Å². The molecule has 1 aliphatic carbocycles. The molecular formula is C16H23N3O2S. The number of hydrogen-bond acceptors (Lipinski definition) is 4. The van der Waals surface area contributed by atoms with Crippen LogP contribution in [-0.4, -0.2) is 53.8 Å². The van der Waals surface area contributed by atoms with Crippen LogP contribution in [0.3, 0.4) is 0 Å². The standard InChI is InChI=1S/C16H23N3O2S/c17-14-3-1-2-12(14)10-15(20)18-5-7-19(8-6-18)16(21)13-4-9-22-11-13/h4,9,11-12,14H,1-3,5-8,10,17H2/t12-,14+/m0/s1. The van der Waals surface area contributed by atoms with Gasteiger partial charge in [-0.2, -0.15) is 11.3 Å². The fourth-order valence-electron chi connectivity index (χ4n) is 3.40. The van der Waals surface area contributed by atoms with Crippen LogP contribution < -0.4 is 5.73 Å². The predicted octanol–water partition coefficient (Wildman–Crippen LogP) is 1.55. The second-order valence-corrected chi connectivity index (χ2v) is 7.02. The normalized spacial score (nSPS) is 25.5. The summed E-state index contributed by atoms with van der Waals surface area (Å²) in [5.41, 5.74) is 6.80. The molecule has 2 atom stereocenters. The van der Waals surface area contributed by atoms with Crippen molar-refractivity contribution in [3.05, 3.63) is 22.4 Å². The Kier molecular flexibility index (Phi) is 4.78. The van der Waals surface area contributed by atoms with Gasteiger partial charge in [-0.3, -0.25) is 9.59 Å². The molecular weight excluding hydrogens is 298 g/mol.